The number of aliphatic hydroxyl groups excluding tert-OH is 1. The standard InChI is InChI=1S/C21H20ClF2NO/c22-25-19-17(11-15(23)12-18(19)24)16-7-4-8-21(9-10-26,20(16)25)13-14-5-2-1-3-6-14/h1-3,5-6,11-12,26H,4,7-10,13H2. The van der Waals surface area contributed by atoms with Gasteiger partial charge in [-0.1, -0.05) is 30.3 Å². The second kappa shape index (κ2) is 6.67. The van der Waals surface area contributed by atoms with Gasteiger partial charge in [0.2, 0.25) is 0 Å². The van der Waals surface area contributed by atoms with Crippen molar-refractivity contribution in [1.82, 2.24) is 4.09 Å². The zero-order valence-corrected chi connectivity index (χ0v) is 15.1. The fourth-order valence-electron chi connectivity index (χ4n) is 4.56. The molecule has 26 heavy (non-hydrogen) atoms. The minimum absolute atomic E-state index is 0.0154. The van der Waals surface area contributed by atoms with Crippen LogP contribution in [0.25, 0.3) is 10.9 Å². The van der Waals surface area contributed by atoms with Gasteiger partial charge in [-0.05, 0) is 49.3 Å². The maximum Gasteiger partial charge on any atom is 0.151 e. The summed E-state index contributed by atoms with van der Waals surface area (Å²) < 4.78 is 29.7. The van der Waals surface area contributed by atoms with E-state index in [0.29, 0.717) is 18.2 Å². The van der Waals surface area contributed by atoms with Crippen molar-refractivity contribution in [2.75, 3.05) is 6.61 Å². The van der Waals surface area contributed by atoms with E-state index in [-0.39, 0.29) is 12.1 Å². The number of rotatable bonds is 4. The van der Waals surface area contributed by atoms with Gasteiger partial charge in [0, 0.05) is 40.9 Å². The van der Waals surface area contributed by atoms with Crippen LogP contribution >= 0.6 is 11.8 Å². The van der Waals surface area contributed by atoms with E-state index in [9.17, 15) is 13.9 Å². The van der Waals surface area contributed by atoms with Gasteiger partial charge in [-0.15, -0.1) is 0 Å². The van der Waals surface area contributed by atoms with Gasteiger partial charge >= 0.3 is 0 Å². The summed E-state index contributed by atoms with van der Waals surface area (Å²) in [6, 6.07) is 12.3. The molecule has 5 heteroatoms. The van der Waals surface area contributed by atoms with Crippen LogP contribution in [0.4, 0.5) is 8.78 Å². The van der Waals surface area contributed by atoms with Crippen molar-refractivity contribution in [2.45, 2.75) is 37.5 Å². The molecular formula is C21H20ClF2NO. The fraction of sp³-hybridized carbons (Fsp3) is 0.333. The lowest BCUT2D eigenvalue weighted by Gasteiger charge is -2.38. The molecule has 0 amide bonds. The van der Waals surface area contributed by atoms with Gasteiger partial charge in [-0.25, -0.2) is 8.78 Å². The van der Waals surface area contributed by atoms with Crippen molar-refractivity contribution in [1.29, 1.82) is 0 Å². The molecule has 0 fully saturated rings. The minimum Gasteiger partial charge on any atom is -0.396 e. The summed E-state index contributed by atoms with van der Waals surface area (Å²) in [5, 5.41) is 10.3. The largest absolute Gasteiger partial charge is 0.396 e. The molecule has 1 aliphatic rings. The molecule has 0 radical (unpaired) electrons. The molecule has 3 aromatic rings. The number of aromatic nitrogens is 1. The van der Waals surface area contributed by atoms with Crippen LogP contribution in [0.15, 0.2) is 42.5 Å². The van der Waals surface area contributed by atoms with E-state index in [1.807, 2.05) is 18.2 Å². The molecule has 0 saturated carbocycles. The van der Waals surface area contributed by atoms with Gasteiger partial charge in [0.05, 0.1) is 0 Å². The number of hydrogen-bond donors (Lipinski definition) is 1. The van der Waals surface area contributed by atoms with Crippen LogP contribution in [0.1, 0.15) is 36.1 Å². The molecule has 0 bridgehead atoms. The molecule has 2 aromatic carbocycles. The van der Waals surface area contributed by atoms with Crippen molar-refractivity contribution in [2.24, 2.45) is 0 Å². The van der Waals surface area contributed by atoms with Crippen molar-refractivity contribution in [3.8, 4) is 0 Å². The quantitative estimate of drug-likeness (QED) is 0.672. The van der Waals surface area contributed by atoms with Crippen LogP contribution in [-0.4, -0.2) is 15.8 Å². The van der Waals surface area contributed by atoms with Crippen LogP contribution in [-0.2, 0) is 18.3 Å². The molecule has 1 atom stereocenters. The maximum atomic E-state index is 14.5. The van der Waals surface area contributed by atoms with Gasteiger partial charge < -0.3 is 5.11 Å². The number of fused-ring (bicyclic) bond motifs is 3. The highest BCUT2D eigenvalue weighted by Gasteiger charge is 2.41. The Morgan fingerprint density at radius 1 is 1.15 bits per heavy atom. The van der Waals surface area contributed by atoms with E-state index in [1.54, 1.807) is 0 Å². The molecule has 1 aliphatic carbocycles. The smallest absolute Gasteiger partial charge is 0.151 e. The number of hydrogen-bond acceptors (Lipinski definition) is 1. The third-order valence-corrected chi connectivity index (χ3v) is 5.93. The van der Waals surface area contributed by atoms with Crippen LogP contribution in [0, 0.1) is 11.6 Å². The number of nitrogens with zero attached hydrogens (tertiary/aromatic N) is 1. The lowest BCUT2D eigenvalue weighted by molar-refractivity contribution is 0.215. The van der Waals surface area contributed by atoms with Gasteiger partial charge in [0.25, 0.3) is 0 Å². The first-order valence-electron chi connectivity index (χ1n) is 8.89. The Morgan fingerprint density at radius 3 is 2.65 bits per heavy atom. The van der Waals surface area contributed by atoms with E-state index in [4.69, 9.17) is 11.8 Å². The Bertz CT molecular complexity index is 954. The van der Waals surface area contributed by atoms with Crippen molar-refractivity contribution in [3.05, 3.63) is 70.9 Å². The molecule has 1 aromatic heterocycles. The van der Waals surface area contributed by atoms with E-state index >= 15 is 0 Å². The third-order valence-electron chi connectivity index (χ3n) is 5.59. The third kappa shape index (κ3) is 2.72. The highest BCUT2D eigenvalue weighted by molar-refractivity contribution is 6.20. The zero-order chi connectivity index (χ0) is 18.3. The topological polar surface area (TPSA) is 25.2 Å². The molecule has 0 aliphatic heterocycles. The molecule has 1 unspecified atom stereocenters. The lowest BCUT2D eigenvalue weighted by atomic mass is 9.68. The zero-order valence-electron chi connectivity index (χ0n) is 14.3. The molecule has 4 rings (SSSR count). The van der Waals surface area contributed by atoms with Crippen LogP contribution < -0.4 is 0 Å². The lowest BCUT2D eigenvalue weighted by Crippen LogP contribution is -2.35. The van der Waals surface area contributed by atoms with Crippen LogP contribution in [0.2, 0.25) is 0 Å². The average Bonchev–Trinajstić information content (AvgIpc) is 2.90. The Morgan fingerprint density at radius 2 is 1.92 bits per heavy atom. The predicted molar refractivity (Wildman–Crippen MR) is 99.6 cm³/mol. The highest BCUT2D eigenvalue weighted by atomic mass is 35.5. The van der Waals surface area contributed by atoms with Gasteiger partial charge in [-0.3, -0.25) is 4.09 Å². The summed E-state index contributed by atoms with van der Waals surface area (Å²) in [6.45, 7) is 0.0154. The first-order chi connectivity index (χ1) is 12.6. The first kappa shape index (κ1) is 17.5. The van der Waals surface area contributed by atoms with Crippen LogP contribution in [0.3, 0.4) is 0 Å². The van der Waals surface area contributed by atoms with Gasteiger partial charge in [0.1, 0.15) is 11.3 Å². The monoisotopic (exact) mass is 375 g/mol. The number of aliphatic hydroxyl groups is 1. The Hall–Kier alpha value is -1.91. The summed E-state index contributed by atoms with van der Waals surface area (Å²) in [7, 11) is 0. The second-order valence-corrected chi connectivity index (χ2v) is 7.50. The van der Waals surface area contributed by atoms with Crippen LogP contribution in [0.5, 0.6) is 0 Å². The average molecular weight is 376 g/mol. The Labute approximate surface area is 156 Å². The van der Waals surface area contributed by atoms with E-state index in [1.165, 1.54) is 10.2 Å². The number of benzene rings is 2. The molecular weight excluding hydrogens is 356 g/mol. The van der Waals surface area contributed by atoms with Gasteiger partial charge in [0.15, 0.2) is 5.82 Å². The summed E-state index contributed by atoms with van der Waals surface area (Å²) >= 11 is 6.59. The molecule has 1 N–H and O–H groups in total. The van der Waals surface area contributed by atoms with E-state index in [0.717, 1.165) is 42.1 Å². The first-order valence-corrected chi connectivity index (χ1v) is 9.23. The summed E-state index contributed by atoms with van der Waals surface area (Å²) in [5.74, 6) is -1.25. The number of aryl methyl sites for hydroxylation is 1. The maximum absolute atomic E-state index is 14.5. The van der Waals surface area contributed by atoms with Crippen molar-refractivity contribution in [3.63, 3.8) is 0 Å². The number of halogens is 3. The summed E-state index contributed by atoms with van der Waals surface area (Å²) in [5.41, 5.74) is 2.71. The van der Waals surface area contributed by atoms with E-state index in [2.05, 4.69) is 12.1 Å². The molecule has 1 heterocycles. The van der Waals surface area contributed by atoms with E-state index < -0.39 is 17.0 Å². The molecule has 136 valence electrons. The SMILES string of the molecule is OCCC1(Cc2ccccc2)CCCc2c1n(Cl)c1c(F)cc(F)cc21. The second-order valence-electron chi connectivity index (χ2n) is 7.16. The Balaban J connectivity index is 1.96. The molecule has 2 nitrogen and oxygen atoms in total. The highest BCUT2D eigenvalue weighted by Crippen LogP contribution is 2.47. The van der Waals surface area contributed by atoms with Crippen molar-refractivity contribution >= 4 is 22.7 Å². The fourth-order valence-corrected chi connectivity index (χ4v) is 5.01. The summed E-state index contributed by atoms with van der Waals surface area (Å²) in [4.78, 5) is 0. The van der Waals surface area contributed by atoms with Gasteiger partial charge in [-0.2, -0.15) is 0 Å². The molecule has 0 spiro atoms. The normalized spacial score (nSPS) is 19.7. The summed E-state index contributed by atoms with van der Waals surface area (Å²) in [6.07, 6.45) is 3.71. The Kier molecular flexibility index (Phi) is 4.49. The minimum atomic E-state index is -0.651. The molecule has 0 saturated heterocycles. The predicted octanol–water partition coefficient (Wildman–Crippen LogP) is 5.12. The van der Waals surface area contributed by atoms with Crippen molar-refractivity contribution < 1.29 is 13.9 Å².